The first kappa shape index (κ1) is 13.9. The lowest BCUT2D eigenvalue weighted by Gasteiger charge is -2.08. The summed E-state index contributed by atoms with van der Waals surface area (Å²) in [6.45, 7) is 1.60. The summed E-state index contributed by atoms with van der Waals surface area (Å²) in [6.07, 6.45) is 0.164. The molecule has 0 bridgehead atoms. The van der Waals surface area contributed by atoms with Gasteiger partial charge in [0, 0.05) is 12.5 Å². The van der Waals surface area contributed by atoms with Crippen LogP contribution in [0.1, 0.15) is 26.2 Å². The normalized spacial score (nSPS) is 14.3. The Morgan fingerprint density at radius 3 is 2.53 bits per heavy atom. The third-order valence-corrected chi connectivity index (χ3v) is 1.84. The summed E-state index contributed by atoms with van der Waals surface area (Å²) in [5.41, 5.74) is 5.49. The van der Waals surface area contributed by atoms with Crippen molar-refractivity contribution in [2.45, 2.75) is 38.3 Å². The summed E-state index contributed by atoms with van der Waals surface area (Å²) in [6, 6.07) is 0.0578. The van der Waals surface area contributed by atoms with Gasteiger partial charge in [-0.15, -0.1) is 0 Å². The van der Waals surface area contributed by atoms with Crippen LogP contribution in [0, 0.1) is 0 Å². The summed E-state index contributed by atoms with van der Waals surface area (Å²) in [5, 5.41) is 19.5. The van der Waals surface area contributed by atoms with Gasteiger partial charge in [-0.25, -0.2) is 4.79 Å². The number of rotatable bonds is 7. The summed E-state index contributed by atoms with van der Waals surface area (Å²) in [4.78, 5) is 21.3. The van der Waals surface area contributed by atoms with Gasteiger partial charge >= 0.3 is 5.97 Å². The van der Waals surface area contributed by atoms with Crippen molar-refractivity contribution >= 4 is 11.9 Å². The lowest BCUT2D eigenvalue weighted by Crippen LogP contribution is -2.36. The highest BCUT2D eigenvalue weighted by Crippen LogP contribution is 1.97. The molecule has 0 aromatic carbocycles. The van der Waals surface area contributed by atoms with Crippen LogP contribution < -0.4 is 11.1 Å². The number of nitrogens with one attached hydrogen (secondary N) is 1. The van der Waals surface area contributed by atoms with Gasteiger partial charge in [0.1, 0.15) is 0 Å². The first-order valence-corrected chi connectivity index (χ1v) is 4.86. The Bertz CT molecular complexity index is 218. The molecule has 0 saturated heterocycles. The Labute approximate surface area is 88.5 Å². The molecule has 0 aromatic heterocycles. The van der Waals surface area contributed by atoms with E-state index in [-0.39, 0.29) is 18.5 Å². The Kier molecular flexibility index (Phi) is 6.64. The van der Waals surface area contributed by atoms with Gasteiger partial charge in [0.25, 0.3) is 0 Å². The van der Waals surface area contributed by atoms with E-state index in [0.717, 1.165) is 6.42 Å². The van der Waals surface area contributed by atoms with Crippen molar-refractivity contribution < 1.29 is 19.8 Å². The van der Waals surface area contributed by atoms with Crippen molar-refractivity contribution in [3.8, 4) is 0 Å². The fourth-order valence-corrected chi connectivity index (χ4v) is 0.971. The number of aliphatic carboxylic acids is 1. The van der Waals surface area contributed by atoms with Gasteiger partial charge in [-0.2, -0.15) is 0 Å². The number of hydrogen-bond donors (Lipinski definition) is 4. The first-order chi connectivity index (χ1) is 6.93. The fourth-order valence-electron chi connectivity index (χ4n) is 0.971. The molecule has 6 heteroatoms. The molecule has 0 heterocycles. The highest BCUT2D eigenvalue weighted by molar-refractivity contribution is 5.77. The van der Waals surface area contributed by atoms with Crippen LogP contribution in [-0.2, 0) is 9.59 Å². The molecule has 6 nitrogen and oxygen atoms in total. The monoisotopic (exact) mass is 218 g/mol. The van der Waals surface area contributed by atoms with E-state index < -0.39 is 12.1 Å². The quantitative estimate of drug-likeness (QED) is 0.441. The molecule has 2 atom stereocenters. The van der Waals surface area contributed by atoms with Crippen molar-refractivity contribution in [3.63, 3.8) is 0 Å². The van der Waals surface area contributed by atoms with Crippen molar-refractivity contribution in [2.24, 2.45) is 5.73 Å². The summed E-state index contributed by atoms with van der Waals surface area (Å²) < 4.78 is 0. The lowest BCUT2D eigenvalue weighted by atomic mass is 10.1. The van der Waals surface area contributed by atoms with Crippen molar-refractivity contribution in [3.05, 3.63) is 0 Å². The van der Waals surface area contributed by atoms with Gasteiger partial charge in [-0.3, -0.25) is 4.79 Å². The van der Waals surface area contributed by atoms with E-state index in [1.165, 1.54) is 0 Å². The molecule has 5 N–H and O–H groups in total. The maximum absolute atomic E-state index is 11.1. The standard InChI is InChI=1S/C9H18N2O4/c1-6(10)3-2-4-8(13)11-5-7(12)9(14)15/h6-7,12H,2-5,10H2,1H3,(H,11,13)(H,14,15). The number of hydrogen-bond acceptors (Lipinski definition) is 4. The Hall–Kier alpha value is -1.14. The number of carbonyl (C=O) groups excluding carboxylic acids is 1. The zero-order valence-electron chi connectivity index (χ0n) is 8.77. The average Bonchev–Trinajstić information content (AvgIpc) is 2.13. The lowest BCUT2D eigenvalue weighted by molar-refractivity contribution is -0.146. The second-order valence-corrected chi connectivity index (χ2v) is 3.53. The molecule has 0 aliphatic carbocycles. The van der Waals surface area contributed by atoms with Crippen LogP contribution in [0.25, 0.3) is 0 Å². The van der Waals surface area contributed by atoms with E-state index >= 15 is 0 Å². The molecule has 0 saturated carbocycles. The Morgan fingerprint density at radius 1 is 1.47 bits per heavy atom. The van der Waals surface area contributed by atoms with Crippen LogP contribution in [-0.4, -0.2) is 40.8 Å². The van der Waals surface area contributed by atoms with Gasteiger partial charge in [-0.1, -0.05) is 0 Å². The Balaban J connectivity index is 3.53. The highest BCUT2D eigenvalue weighted by atomic mass is 16.4. The summed E-state index contributed by atoms with van der Waals surface area (Å²) in [5.74, 6) is -1.61. The van der Waals surface area contributed by atoms with Crippen LogP contribution in [0.2, 0.25) is 0 Å². The van der Waals surface area contributed by atoms with E-state index in [9.17, 15) is 9.59 Å². The smallest absolute Gasteiger partial charge is 0.334 e. The van der Waals surface area contributed by atoms with Crippen LogP contribution in [0.3, 0.4) is 0 Å². The van der Waals surface area contributed by atoms with E-state index in [2.05, 4.69) is 5.32 Å². The number of aliphatic hydroxyl groups is 1. The van der Waals surface area contributed by atoms with Crippen LogP contribution in [0.4, 0.5) is 0 Å². The largest absolute Gasteiger partial charge is 0.479 e. The SMILES string of the molecule is CC(N)CCCC(=O)NCC(O)C(=O)O. The summed E-state index contributed by atoms with van der Waals surface area (Å²) >= 11 is 0. The van der Waals surface area contributed by atoms with E-state index in [1.54, 1.807) is 0 Å². The molecule has 0 spiro atoms. The molecule has 1 amide bonds. The molecule has 0 radical (unpaired) electrons. The second kappa shape index (κ2) is 7.19. The van der Waals surface area contributed by atoms with Crippen molar-refractivity contribution in [1.82, 2.24) is 5.32 Å². The van der Waals surface area contributed by atoms with Gasteiger partial charge in [0.15, 0.2) is 6.10 Å². The van der Waals surface area contributed by atoms with E-state index in [0.29, 0.717) is 12.8 Å². The minimum atomic E-state index is -1.54. The predicted molar refractivity (Wildman–Crippen MR) is 54.2 cm³/mol. The Morgan fingerprint density at radius 2 is 2.07 bits per heavy atom. The van der Waals surface area contributed by atoms with Crippen molar-refractivity contribution in [1.29, 1.82) is 0 Å². The third kappa shape index (κ3) is 7.90. The van der Waals surface area contributed by atoms with Gasteiger partial charge in [0.05, 0.1) is 6.54 Å². The van der Waals surface area contributed by atoms with E-state index in [4.69, 9.17) is 15.9 Å². The second-order valence-electron chi connectivity index (χ2n) is 3.53. The fraction of sp³-hybridized carbons (Fsp3) is 0.778. The minimum absolute atomic E-state index is 0.0578. The molecule has 0 aliphatic rings. The molecule has 0 rings (SSSR count). The van der Waals surface area contributed by atoms with E-state index in [1.807, 2.05) is 6.92 Å². The molecule has 0 aromatic rings. The third-order valence-electron chi connectivity index (χ3n) is 1.84. The van der Waals surface area contributed by atoms with Crippen LogP contribution >= 0.6 is 0 Å². The molecule has 0 aliphatic heterocycles. The van der Waals surface area contributed by atoms with Gasteiger partial charge in [0.2, 0.25) is 5.91 Å². The maximum Gasteiger partial charge on any atom is 0.334 e. The topological polar surface area (TPSA) is 113 Å². The van der Waals surface area contributed by atoms with Crippen molar-refractivity contribution in [2.75, 3.05) is 6.54 Å². The molecule has 15 heavy (non-hydrogen) atoms. The van der Waals surface area contributed by atoms with Gasteiger partial charge in [-0.05, 0) is 19.8 Å². The molecular formula is C9H18N2O4. The molecule has 88 valence electrons. The maximum atomic E-state index is 11.1. The number of carboxylic acid groups (broad SMARTS) is 1. The predicted octanol–water partition coefficient (Wildman–Crippen LogP) is -0.934. The number of carbonyl (C=O) groups is 2. The number of carboxylic acids is 1. The number of amides is 1. The molecule has 0 fully saturated rings. The molecular weight excluding hydrogens is 200 g/mol. The number of nitrogens with two attached hydrogens (primary N) is 1. The molecule has 2 unspecified atom stereocenters. The average molecular weight is 218 g/mol. The first-order valence-electron chi connectivity index (χ1n) is 4.86. The zero-order chi connectivity index (χ0) is 11.8. The minimum Gasteiger partial charge on any atom is -0.479 e. The summed E-state index contributed by atoms with van der Waals surface area (Å²) in [7, 11) is 0. The van der Waals surface area contributed by atoms with Crippen LogP contribution in [0.5, 0.6) is 0 Å². The van der Waals surface area contributed by atoms with Crippen LogP contribution in [0.15, 0.2) is 0 Å². The number of aliphatic hydroxyl groups excluding tert-OH is 1. The van der Waals surface area contributed by atoms with Gasteiger partial charge < -0.3 is 21.3 Å². The zero-order valence-corrected chi connectivity index (χ0v) is 8.77. The highest BCUT2D eigenvalue weighted by Gasteiger charge is 2.13.